The number of hydrogen-bond acceptors (Lipinski definition) is 2. The van der Waals surface area contributed by atoms with Crippen LogP contribution in [-0.4, -0.2) is 18.5 Å². The molecule has 0 aliphatic heterocycles. The van der Waals surface area contributed by atoms with Crippen LogP contribution in [0.15, 0.2) is 48.5 Å². The molecule has 0 amide bonds. The second-order valence-electron chi connectivity index (χ2n) is 5.28. The van der Waals surface area contributed by atoms with Gasteiger partial charge in [-0.25, -0.2) is 0 Å². The van der Waals surface area contributed by atoms with Gasteiger partial charge in [0.05, 0.1) is 0 Å². The van der Waals surface area contributed by atoms with Crippen molar-refractivity contribution in [2.24, 2.45) is 5.73 Å². The minimum Gasteiger partial charge on any atom is -0.324 e. The summed E-state index contributed by atoms with van der Waals surface area (Å²) in [4.78, 5) is 2.24. The molecule has 0 saturated heterocycles. The summed E-state index contributed by atoms with van der Waals surface area (Å²) in [5, 5.41) is 1.51. The van der Waals surface area contributed by atoms with Gasteiger partial charge in [0, 0.05) is 22.6 Å². The van der Waals surface area contributed by atoms with Crippen LogP contribution < -0.4 is 5.73 Å². The first-order chi connectivity index (χ1) is 10.1. The zero-order valence-electron chi connectivity index (χ0n) is 12.1. The van der Waals surface area contributed by atoms with Crippen molar-refractivity contribution in [2.45, 2.75) is 19.0 Å². The van der Waals surface area contributed by atoms with Gasteiger partial charge in [-0.05, 0) is 49.3 Å². The van der Waals surface area contributed by atoms with Gasteiger partial charge in [0.2, 0.25) is 0 Å². The van der Waals surface area contributed by atoms with Crippen LogP contribution in [0.5, 0.6) is 0 Å². The summed E-state index contributed by atoms with van der Waals surface area (Å²) in [5.41, 5.74) is 8.44. The molecule has 2 rings (SSSR count). The Bertz CT molecular complexity index is 587. The molecular formula is C17H20Cl2N2. The summed E-state index contributed by atoms with van der Waals surface area (Å²) < 4.78 is 0. The highest BCUT2D eigenvalue weighted by molar-refractivity contribution is 6.31. The SMILES string of the molecule is CN(CCC(N)c1ccccc1Cl)Cc1cccc(Cl)c1. The van der Waals surface area contributed by atoms with E-state index in [1.807, 2.05) is 42.5 Å². The van der Waals surface area contributed by atoms with E-state index < -0.39 is 0 Å². The highest BCUT2D eigenvalue weighted by Gasteiger charge is 2.11. The number of benzene rings is 2. The molecule has 4 heteroatoms. The van der Waals surface area contributed by atoms with E-state index in [1.165, 1.54) is 5.56 Å². The largest absolute Gasteiger partial charge is 0.324 e. The van der Waals surface area contributed by atoms with Gasteiger partial charge in [-0.3, -0.25) is 0 Å². The van der Waals surface area contributed by atoms with Crippen molar-refractivity contribution >= 4 is 23.2 Å². The van der Waals surface area contributed by atoms with Crippen LogP contribution in [0.3, 0.4) is 0 Å². The van der Waals surface area contributed by atoms with Gasteiger partial charge in [0.25, 0.3) is 0 Å². The number of nitrogens with two attached hydrogens (primary N) is 1. The Morgan fingerprint density at radius 3 is 2.57 bits per heavy atom. The first-order valence-electron chi connectivity index (χ1n) is 6.99. The molecule has 0 fully saturated rings. The molecule has 0 radical (unpaired) electrons. The predicted octanol–water partition coefficient (Wildman–Crippen LogP) is 4.52. The van der Waals surface area contributed by atoms with Gasteiger partial charge >= 0.3 is 0 Å². The summed E-state index contributed by atoms with van der Waals surface area (Å²) in [5.74, 6) is 0. The smallest absolute Gasteiger partial charge is 0.0453 e. The van der Waals surface area contributed by atoms with Crippen LogP contribution in [0.4, 0.5) is 0 Å². The molecule has 2 aromatic rings. The second kappa shape index (κ2) is 7.81. The van der Waals surface area contributed by atoms with E-state index in [4.69, 9.17) is 28.9 Å². The zero-order chi connectivity index (χ0) is 15.2. The fourth-order valence-corrected chi connectivity index (χ4v) is 2.81. The van der Waals surface area contributed by atoms with Gasteiger partial charge in [0.1, 0.15) is 0 Å². The lowest BCUT2D eigenvalue weighted by atomic mass is 10.0. The summed E-state index contributed by atoms with van der Waals surface area (Å²) in [7, 11) is 2.08. The average Bonchev–Trinajstić information content (AvgIpc) is 2.45. The van der Waals surface area contributed by atoms with Gasteiger partial charge in [-0.2, -0.15) is 0 Å². The normalized spacial score (nSPS) is 12.6. The molecule has 0 aromatic heterocycles. The third-order valence-corrected chi connectivity index (χ3v) is 4.05. The maximum Gasteiger partial charge on any atom is 0.0453 e. The average molecular weight is 323 g/mol. The van der Waals surface area contributed by atoms with Gasteiger partial charge in [0.15, 0.2) is 0 Å². The van der Waals surface area contributed by atoms with Crippen LogP contribution in [0.1, 0.15) is 23.6 Å². The molecule has 1 unspecified atom stereocenters. The van der Waals surface area contributed by atoms with E-state index in [1.54, 1.807) is 0 Å². The predicted molar refractivity (Wildman–Crippen MR) is 90.8 cm³/mol. The Balaban J connectivity index is 1.86. The highest BCUT2D eigenvalue weighted by Crippen LogP contribution is 2.23. The van der Waals surface area contributed by atoms with Crippen molar-refractivity contribution < 1.29 is 0 Å². The third-order valence-electron chi connectivity index (χ3n) is 3.47. The fourth-order valence-electron chi connectivity index (χ4n) is 2.32. The summed E-state index contributed by atoms with van der Waals surface area (Å²) in [6.45, 7) is 1.76. The first-order valence-corrected chi connectivity index (χ1v) is 7.75. The summed E-state index contributed by atoms with van der Waals surface area (Å²) in [6.07, 6.45) is 0.862. The molecule has 2 aromatic carbocycles. The lowest BCUT2D eigenvalue weighted by Crippen LogP contribution is -2.23. The van der Waals surface area contributed by atoms with Crippen molar-refractivity contribution in [3.63, 3.8) is 0 Å². The van der Waals surface area contributed by atoms with E-state index in [0.29, 0.717) is 0 Å². The van der Waals surface area contributed by atoms with Crippen molar-refractivity contribution in [1.29, 1.82) is 0 Å². The minimum absolute atomic E-state index is 0.0412. The quantitative estimate of drug-likeness (QED) is 0.847. The zero-order valence-corrected chi connectivity index (χ0v) is 13.6. The van der Waals surface area contributed by atoms with Crippen LogP contribution >= 0.6 is 23.2 Å². The van der Waals surface area contributed by atoms with E-state index in [-0.39, 0.29) is 6.04 Å². The minimum atomic E-state index is -0.0412. The van der Waals surface area contributed by atoms with Crippen LogP contribution in [0.2, 0.25) is 10.0 Å². The standard InChI is InChI=1S/C17H20Cl2N2/c1-21(12-13-5-4-6-14(18)11-13)10-9-17(20)15-7-2-3-8-16(15)19/h2-8,11,17H,9-10,12,20H2,1H3. The van der Waals surface area contributed by atoms with Gasteiger partial charge < -0.3 is 10.6 Å². The van der Waals surface area contributed by atoms with E-state index in [9.17, 15) is 0 Å². The third kappa shape index (κ3) is 5.01. The van der Waals surface area contributed by atoms with Crippen molar-refractivity contribution in [3.8, 4) is 0 Å². The Morgan fingerprint density at radius 1 is 1.10 bits per heavy atom. The van der Waals surface area contributed by atoms with Gasteiger partial charge in [-0.15, -0.1) is 0 Å². The second-order valence-corrected chi connectivity index (χ2v) is 6.13. The molecule has 112 valence electrons. The molecule has 1 atom stereocenters. The Kier molecular flexibility index (Phi) is 6.07. The lowest BCUT2D eigenvalue weighted by Gasteiger charge is -2.20. The topological polar surface area (TPSA) is 29.3 Å². The monoisotopic (exact) mass is 322 g/mol. The Labute approximate surface area is 136 Å². The molecule has 2 nitrogen and oxygen atoms in total. The molecule has 0 spiro atoms. The molecule has 0 aliphatic rings. The Morgan fingerprint density at radius 2 is 1.86 bits per heavy atom. The molecule has 0 aliphatic carbocycles. The molecule has 0 bridgehead atoms. The van der Waals surface area contributed by atoms with Crippen LogP contribution in [0.25, 0.3) is 0 Å². The summed E-state index contributed by atoms with van der Waals surface area (Å²) in [6, 6.07) is 15.7. The maximum atomic E-state index is 6.23. The number of nitrogens with zero attached hydrogens (tertiary/aromatic N) is 1. The summed E-state index contributed by atoms with van der Waals surface area (Å²) >= 11 is 12.2. The number of halogens is 2. The van der Waals surface area contributed by atoms with E-state index in [0.717, 1.165) is 35.1 Å². The lowest BCUT2D eigenvalue weighted by molar-refractivity contribution is 0.311. The maximum absolute atomic E-state index is 6.23. The molecule has 0 heterocycles. The van der Waals surface area contributed by atoms with Gasteiger partial charge in [-0.1, -0.05) is 53.5 Å². The Hall–Kier alpha value is -1.06. The van der Waals surface area contributed by atoms with Crippen molar-refractivity contribution in [3.05, 3.63) is 69.7 Å². The molecule has 21 heavy (non-hydrogen) atoms. The van der Waals surface area contributed by atoms with E-state index in [2.05, 4.69) is 18.0 Å². The molecule has 2 N–H and O–H groups in total. The van der Waals surface area contributed by atoms with Crippen molar-refractivity contribution in [1.82, 2.24) is 4.90 Å². The fraction of sp³-hybridized carbons (Fsp3) is 0.294. The van der Waals surface area contributed by atoms with Crippen LogP contribution in [0, 0.1) is 0 Å². The highest BCUT2D eigenvalue weighted by atomic mass is 35.5. The molecular weight excluding hydrogens is 303 g/mol. The number of hydrogen-bond donors (Lipinski definition) is 1. The molecule has 0 saturated carbocycles. The first kappa shape index (κ1) is 16.3. The van der Waals surface area contributed by atoms with Crippen molar-refractivity contribution in [2.75, 3.05) is 13.6 Å². The number of rotatable bonds is 6. The van der Waals surface area contributed by atoms with E-state index >= 15 is 0 Å². The van der Waals surface area contributed by atoms with Crippen LogP contribution in [-0.2, 0) is 6.54 Å².